The maximum atomic E-state index is 11.0. The summed E-state index contributed by atoms with van der Waals surface area (Å²) in [5.41, 5.74) is 8.21. The molecule has 0 aliphatic rings. The molecule has 33 heavy (non-hydrogen) atoms. The van der Waals surface area contributed by atoms with E-state index in [9.17, 15) is 10.2 Å². The van der Waals surface area contributed by atoms with E-state index in [1.165, 1.54) is 27.6 Å². The Hall–Kier alpha value is -2.92. The molecule has 0 bridgehead atoms. The molecule has 4 nitrogen and oxygen atoms in total. The number of nitrogens with zero attached hydrogens (tertiary/aromatic N) is 1. The Morgan fingerprint density at radius 2 is 1.55 bits per heavy atom. The molecule has 0 radical (unpaired) electrons. The van der Waals surface area contributed by atoms with Gasteiger partial charge in [0.2, 0.25) is 0 Å². The Morgan fingerprint density at radius 3 is 2.15 bits per heavy atom. The molecule has 0 saturated carbocycles. The van der Waals surface area contributed by atoms with Gasteiger partial charge in [-0.25, -0.2) is 0 Å². The highest BCUT2D eigenvalue weighted by atomic mass is 16.3. The average molecular weight is 443 g/mol. The number of aliphatic hydroxyl groups is 2. The number of aliphatic hydroxyl groups excluding tert-OH is 2. The van der Waals surface area contributed by atoms with Gasteiger partial charge in [0.25, 0.3) is 0 Å². The second kappa shape index (κ2) is 10.3. The van der Waals surface area contributed by atoms with Crippen LogP contribution < -0.4 is 5.32 Å². The predicted octanol–water partition coefficient (Wildman–Crippen LogP) is 5.31. The normalized spacial score (nSPS) is 13.4. The minimum absolute atomic E-state index is 0.00100. The molecular formula is C29H34N2O2. The van der Waals surface area contributed by atoms with Gasteiger partial charge in [0.15, 0.2) is 0 Å². The zero-order valence-corrected chi connectivity index (χ0v) is 19.8. The van der Waals surface area contributed by atoms with E-state index < -0.39 is 6.10 Å². The van der Waals surface area contributed by atoms with Crippen LogP contribution in [-0.2, 0) is 6.54 Å². The van der Waals surface area contributed by atoms with Gasteiger partial charge in [-0.05, 0) is 43.0 Å². The molecule has 1 heterocycles. The SMILES string of the molecule is CC[C@H](CO)NC[C@@H](O)Cn1c(-c2ccccc2)c(-c2ccccc2)c2cc(C)cc(C)c21. The summed E-state index contributed by atoms with van der Waals surface area (Å²) in [6, 6.07) is 25.4. The van der Waals surface area contributed by atoms with Crippen LogP contribution in [0.3, 0.4) is 0 Å². The average Bonchev–Trinajstić information content (AvgIpc) is 3.14. The number of aromatic nitrogens is 1. The molecule has 172 valence electrons. The summed E-state index contributed by atoms with van der Waals surface area (Å²) in [6.07, 6.45) is 0.231. The Morgan fingerprint density at radius 1 is 0.909 bits per heavy atom. The fourth-order valence-corrected chi connectivity index (χ4v) is 4.77. The lowest BCUT2D eigenvalue weighted by atomic mass is 9.97. The molecule has 0 amide bonds. The number of benzene rings is 3. The Labute approximate surface area is 196 Å². The zero-order valence-electron chi connectivity index (χ0n) is 19.8. The summed E-state index contributed by atoms with van der Waals surface area (Å²) in [6.45, 7) is 7.29. The summed E-state index contributed by atoms with van der Waals surface area (Å²) < 4.78 is 2.29. The molecule has 1 aromatic heterocycles. The first kappa shape index (κ1) is 23.2. The fourth-order valence-electron chi connectivity index (χ4n) is 4.77. The van der Waals surface area contributed by atoms with Gasteiger partial charge in [-0.3, -0.25) is 0 Å². The maximum Gasteiger partial charge on any atom is 0.0843 e. The highest BCUT2D eigenvalue weighted by Gasteiger charge is 2.23. The van der Waals surface area contributed by atoms with Crippen LogP contribution in [0, 0.1) is 13.8 Å². The van der Waals surface area contributed by atoms with Gasteiger partial charge >= 0.3 is 0 Å². The van der Waals surface area contributed by atoms with Crippen LogP contribution in [0.5, 0.6) is 0 Å². The first-order valence-electron chi connectivity index (χ1n) is 11.8. The van der Waals surface area contributed by atoms with E-state index >= 15 is 0 Å². The van der Waals surface area contributed by atoms with E-state index in [2.05, 4.69) is 84.4 Å². The molecular weight excluding hydrogens is 408 g/mol. The van der Waals surface area contributed by atoms with Gasteiger partial charge in [0, 0.05) is 23.5 Å². The molecule has 0 saturated heterocycles. The highest BCUT2D eigenvalue weighted by Crippen LogP contribution is 2.42. The van der Waals surface area contributed by atoms with Crippen molar-refractivity contribution in [3.63, 3.8) is 0 Å². The van der Waals surface area contributed by atoms with Crippen molar-refractivity contribution in [2.75, 3.05) is 13.2 Å². The van der Waals surface area contributed by atoms with Gasteiger partial charge in [0.1, 0.15) is 0 Å². The Kier molecular flexibility index (Phi) is 7.29. The number of hydrogen-bond donors (Lipinski definition) is 3. The van der Waals surface area contributed by atoms with Crippen LogP contribution in [0.15, 0.2) is 72.8 Å². The molecule has 0 fully saturated rings. The van der Waals surface area contributed by atoms with Crippen molar-refractivity contribution < 1.29 is 10.2 Å². The third-order valence-corrected chi connectivity index (χ3v) is 6.35. The number of nitrogens with one attached hydrogen (secondary N) is 1. The third-order valence-electron chi connectivity index (χ3n) is 6.35. The zero-order chi connectivity index (χ0) is 23.4. The summed E-state index contributed by atoms with van der Waals surface area (Å²) in [7, 11) is 0. The first-order chi connectivity index (χ1) is 16.0. The van der Waals surface area contributed by atoms with Crippen molar-refractivity contribution in [2.24, 2.45) is 0 Å². The van der Waals surface area contributed by atoms with Crippen LogP contribution in [-0.4, -0.2) is 40.1 Å². The molecule has 4 aromatic rings. The quantitative estimate of drug-likeness (QED) is 0.329. The first-order valence-corrected chi connectivity index (χ1v) is 11.8. The van der Waals surface area contributed by atoms with Crippen molar-refractivity contribution in [1.82, 2.24) is 9.88 Å². The van der Waals surface area contributed by atoms with Crippen LogP contribution in [0.1, 0.15) is 24.5 Å². The molecule has 4 heteroatoms. The molecule has 3 aromatic carbocycles. The van der Waals surface area contributed by atoms with Crippen molar-refractivity contribution in [3.8, 4) is 22.4 Å². The monoisotopic (exact) mass is 442 g/mol. The van der Waals surface area contributed by atoms with Crippen molar-refractivity contribution >= 4 is 10.9 Å². The van der Waals surface area contributed by atoms with Crippen LogP contribution in [0.4, 0.5) is 0 Å². The lowest BCUT2D eigenvalue weighted by Crippen LogP contribution is -2.39. The topological polar surface area (TPSA) is 57.4 Å². The smallest absolute Gasteiger partial charge is 0.0843 e. The van der Waals surface area contributed by atoms with Crippen LogP contribution in [0.25, 0.3) is 33.3 Å². The van der Waals surface area contributed by atoms with Gasteiger partial charge < -0.3 is 20.1 Å². The van der Waals surface area contributed by atoms with Crippen molar-refractivity contribution in [1.29, 1.82) is 0 Å². The highest BCUT2D eigenvalue weighted by molar-refractivity contribution is 6.06. The Bertz CT molecular complexity index is 1200. The lowest BCUT2D eigenvalue weighted by molar-refractivity contribution is 0.140. The minimum Gasteiger partial charge on any atom is -0.395 e. The van der Waals surface area contributed by atoms with Gasteiger partial charge in [-0.2, -0.15) is 0 Å². The number of aryl methyl sites for hydroxylation is 2. The van der Waals surface area contributed by atoms with Gasteiger partial charge in [0.05, 0.1) is 30.5 Å². The molecule has 0 aliphatic heterocycles. The maximum absolute atomic E-state index is 11.0. The number of hydrogen-bond acceptors (Lipinski definition) is 3. The second-order valence-corrected chi connectivity index (χ2v) is 8.89. The van der Waals surface area contributed by atoms with Gasteiger partial charge in [-0.1, -0.05) is 79.2 Å². The largest absolute Gasteiger partial charge is 0.395 e. The van der Waals surface area contributed by atoms with Crippen molar-refractivity contribution in [2.45, 2.75) is 45.9 Å². The fraction of sp³-hybridized carbons (Fsp3) is 0.310. The molecule has 0 unspecified atom stereocenters. The van der Waals surface area contributed by atoms with Crippen LogP contribution in [0.2, 0.25) is 0 Å². The van der Waals surface area contributed by atoms with Crippen LogP contribution >= 0.6 is 0 Å². The van der Waals surface area contributed by atoms with Gasteiger partial charge in [-0.15, -0.1) is 0 Å². The predicted molar refractivity (Wildman–Crippen MR) is 137 cm³/mol. The molecule has 0 aliphatic carbocycles. The molecule has 2 atom stereocenters. The Balaban J connectivity index is 1.91. The molecule has 0 spiro atoms. The molecule has 4 rings (SSSR count). The lowest BCUT2D eigenvalue weighted by Gasteiger charge is -2.20. The number of rotatable bonds is 9. The summed E-state index contributed by atoms with van der Waals surface area (Å²) in [5, 5.41) is 25.0. The van der Waals surface area contributed by atoms with E-state index in [0.29, 0.717) is 13.1 Å². The van der Waals surface area contributed by atoms with E-state index in [1.54, 1.807) is 0 Å². The van der Waals surface area contributed by atoms with Crippen molar-refractivity contribution in [3.05, 3.63) is 83.9 Å². The minimum atomic E-state index is -0.590. The molecule has 3 N–H and O–H groups in total. The second-order valence-electron chi connectivity index (χ2n) is 8.89. The summed E-state index contributed by atoms with van der Waals surface area (Å²) in [5.74, 6) is 0. The van der Waals surface area contributed by atoms with E-state index in [0.717, 1.165) is 23.2 Å². The van der Waals surface area contributed by atoms with E-state index in [4.69, 9.17) is 0 Å². The summed E-state index contributed by atoms with van der Waals surface area (Å²) >= 11 is 0. The van der Waals surface area contributed by atoms with E-state index in [1.807, 2.05) is 19.1 Å². The number of fused-ring (bicyclic) bond motifs is 1. The summed E-state index contributed by atoms with van der Waals surface area (Å²) in [4.78, 5) is 0. The standard InChI is InChI=1S/C29H34N2O2/c1-4-24(19-32)30-17-25(33)18-31-28-21(3)15-20(2)16-26(28)27(22-11-7-5-8-12-22)29(31)23-13-9-6-10-14-23/h5-16,24-25,30,32-33H,4,17-19H2,1-3H3/t24-,25-/m1/s1. The third kappa shape index (κ3) is 4.88. The van der Waals surface area contributed by atoms with E-state index in [-0.39, 0.29) is 12.6 Å².